The van der Waals surface area contributed by atoms with Gasteiger partial charge in [0.2, 0.25) is 5.91 Å². The van der Waals surface area contributed by atoms with E-state index in [1.807, 2.05) is 18.3 Å². The highest BCUT2D eigenvalue weighted by Gasteiger charge is 2.16. The Bertz CT molecular complexity index is 844. The predicted molar refractivity (Wildman–Crippen MR) is 95.9 cm³/mol. The standard InChI is InChI=1S/C19H22N4O/c1-19(2,3)18-20-12-15(13-21-18)22-17(24)9-11-23-10-8-14-6-4-5-7-16(14)23/h4-8,10,12-13H,9,11H2,1-3H3,(H,22,24). The van der Waals surface area contributed by atoms with E-state index in [1.54, 1.807) is 12.4 Å². The van der Waals surface area contributed by atoms with Crippen LogP contribution in [0, 0.1) is 0 Å². The Morgan fingerprint density at radius 1 is 1.12 bits per heavy atom. The van der Waals surface area contributed by atoms with Crippen LogP contribution in [0.4, 0.5) is 5.69 Å². The molecule has 5 heteroatoms. The summed E-state index contributed by atoms with van der Waals surface area (Å²) in [5.74, 6) is 0.721. The number of aromatic nitrogens is 3. The van der Waals surface area contributed by atoms with Crippen LogP contribution in [0.3, 0.4) is 0 Å². The van der Waals surface area contributed by atoms with Crippen molar-refractivity contribution >= 4 is 22.5 Å². The lowest BCUT2D eigenvalue weighted by molar-refractivity contribution is -0.116. The summed E-state index contributed by atoms with van der Waals surface area (Å²) in [4.78, 5) is 20.8. The summed E-state index contributed by atoms with van der Waals surface area (Å²) in [6.07, 6.45) is 5.74. The summed E-state index contributed by atoms with van der Waals surface area (Å²) in [5.41, 5.74) is 1.67. The lowest BCUT2D eigenvalue weighted by Crippen LogP contribution is -2.18. The molecule has 0 aliphatic rings. The maximum absolute atomic E-state index is 12.1. The third-order valence-electron chi connectivity index (χ3n) is 3.87. The van der Waals surface area contributed by atoms with Crippen molar-refractivity contribution in [2.75, 3.05) is 5.32 Å². The average Bonchev–Trinajstić information content (AvgIpc) is 2.96. The second-order valence-electron chi connectivity index (χ2n) is 6.91. The summed E-state index contributed by atoms with van der Waals surface area (Å²) in [6, 6.07) is 10.2. The molecule has 0 fully saturated rings. The number of anilines is 1. The van der Waals surface area contributed by atoms with Crippen molar-refractivity contribution in [3.05, 3.63) is 54.7 Å². The summed E-state index contributed by atoms with van der Waals surface area (Å²) >= 11 is 0. The number of hydrogen-bond donors (Lipinski definition) is 1. The van der Waals surface area contributed by atoms with Crippen LogP contribution in [0.5, 0.6) is 0 Å². The lowest BCUT2D eigenvalue weighted by Gasteiger charge is -2.16. The molecule has 1 amide bonds. The predicted octanol–water partition coefficient (Wildman–Crippen LogP) is 3.76. The Labute approximate surface area is 141 Å². The molecule has 0 bridgehead atoms. The van der Waals surface area contributed by atoms with Gasteiger partial charge < -0.3 is 9.88 Å². The van der Waals surface area contributed by atoms with Gasteiger partial charge >= 0.3 is 0 Å². The van der Waals surface area contributed by atoms with Crippen molar-refractivity contribution in [2.45, 2.75) is 39.2 Å². The molecule has 5 nitrogen and oxygen atoms in total. The van der Waals surface area contributed by atoms with E-state index in [2.05, 4.69) is 58.8 Å². The number of carbonyl (C=O) groups excluding carboxylic acids is 1. The molecule has 0 aliphatic heterocycles. The summed E-state index contributed by atoms with van der Waals surface area (Å²) < 4.78 is 2.09. The number of rotatable bonds is 4. The normalized spacial score (nSPS) is 11.6. The SMILES string of the molecule is CC(C)(C)c1ncc(NC(=O)CCn2ccc3ccccc32)cn1. The molecular weight excluding hydrogens is 300 g/mol. The van der Waals surface area contributed by atoms with Crippen LogP contribution in [0.15, 0.2) is 48.9 Å². The quantitative estimate of drug-likeness (QED) is 0.795. The second kappa shape index (κ2) is 6.43. The Balaban J connectivity index is 1.60. The van der Waals surface area contributed by atoms with E-state index in [0.29, 0.717) is 18.7 Å². The summed E-state index contributed by atoms with van der Waals surface area (Å²) in [7, 11) is 0. The first kappa shape index (κ1) is 16.2. The molecule has 0 unspecified atom stereocenters. The molecule has 2 heterocycles. The van der Waals surface area contributed by atoms with Gasteiger partial charge in [0.25, 0.3) is 0 Å². The highest BCUT2D eigenvalue weighted by Crippen LogP contribution is 2.18. The zero-order valence-corrected chi connectivity index (χ0v) is 14.3. The lowest BCUT2D eigenvalue weighted by atomic mass is 9.96. The number of hydrogen-bond acceptors (Lipinski definition) is 3. The summed E-state index contributed by atoms with van der Waals surface area (Å²) in [6.45, 7) is 6.81. The minimum Gasteiger partial charge on any atom is -0.347 e. The smallest absolute Gasteiger partial charge is 0.226 e. The highest BCUT2D eigenvalue weighted by molar-refractivity contribution is 5.90. The Kier molecular flexibility index (Phi) is 4.34. The van der Waals surface area contributed by atoms with Crippen molar-refractivity contribution in [3.63, 3.8) is 0 Å². The largest absolute Gasteiger partial charge is 0.347 e. The van der Waals surface area contributed by atoms with E-state index in [4.69, 9.17) is 0 Å². The van der Waals surface area contributed by atoms with Crippen molar-refractivity contribution in [3.8, 4) is 0 Å². The number of nitrogens with zero attached hydrogens (tertiary/aromatic N) is 3. The third-order valence-corrected chi connectivity index (χ3v) is 3.87. The number of carbonyl (C=O) groups is 1. The molecule has 0 aliphatic carbocycles. The van der Waals surface area contributed by atoms with Gasteiger partial charge in [-0.2, -0.15) is 0 Å². The third kappa shape index (κ3) is 3.62. The number of para-hydroxylation sites is 1. The first-order valence-electron chi connectivity index (χ1n) is 8.10. The number of amides is 1. The van der Waals surface area contributed by atoms with Crippen LogP contribution < -0.4 is 5.32 Å². The molecule has 124 valence electrons. The first-order chi connectivity index (χ1) is 11.4. The Morgan fingerprint density at radius 2 is 1.83 bits per heavy atom. The second-order valence-corrected chi connectivity index (χ2v) is 6.91. The number of nitrogens with one attached hydrogen (secondary N) is 1. The molecule has 2 aromatic heterocycles. The van der Waals surface area contributed by atoms with Gasteiger partial charge in [0.05, 0.1) is 18.1 Å². The van der Waals surface area contributed by atoms with Crippen molar-refractivity contribution in [1.29, 1.82) is 0 Å². The highest BCUT2D eigenvalue weighted by atomic mass is 16.1. The van der Waals surface area contributed by atoms with Gasteiger partial charge in [-0.25, -0.2) is 9.97 Å². The monoisotopic (exact) mass is 322 g/mol. The zero-order valence-electron chi connectivity index (χ0n) is 14.3. The van der Waals surface area contributed by atoms with E-state index >= 15 is 0 Å². The molecule has 1 N–H and O–H groups in total. The Hall–Kier alpha value is -2.69. The van der Waals surface area contributed by atoms with Crippen LogP contribution in [-0.4, -0.2) is 20.4 Å². The maximum Gasteiger partial charge on any atom is 0.226 e. The molecular formula is C19H22N4O. The van der Waals surface area contributed by atoms with E-state index in [9.17, 15) is 4.79 Å². The van der Waals surface area contributed by atoms with E-state index in [-0.39, 0.29) is 11.3 Å². The minimum atomic E-state index is -0.0992. The van der Waals surface area contributed by atoms with Crippen LogP contribution in [-0.2, 0) is 16.8 Å². The molecule has 0 saturated heterocycles. The van der Waals surface area contributed by atoms with Crippen LogP contribution in [0.25, 0.3) is 10.9 Å². The van der Waals surface area contributed by atoms with Gasteiger partial charge in [-0.1, -0.05) is 39.0 Å². The number of fused-ring (bicyclic) bond motifs is 1. The van der Waals surface area contributed by atoms with Crippen molar-refractivity contribution in [1.82, 2.24) is 14.5 Å². The molecule has 3 aromatic rings. The van der Waals surface area contributed by atoms with Crippen molar-refractivity contribution < 1.29 is 4.79 Å². The van der Waals surface area contributed by atoms with Gasteiger partial charge in [0, 0.05) is 30.1 Å². The summed E-state index contributed by atoms with van der Waals surface area (Å²) in [5, 5.41) is 4.04. The molecule has 1 aromatic carbocycles. The van der Waals surface area contributed by atoms with Crippen LogP contribution in [0.2, 0.25) is 0 Å². The van der Waals surface area contributed by atoms with Crippen molar-refractivity contribution in [2.24, 2.45) is 0 Å². The molecule has 3 rings (SSSR count). The minimum absolute atomic E-state index is 0.0418. The van der Waals surface area contributed by atoms with Gasteiger partial charge in [-0.15, -0.1) is 0 Å². The van der Waals surface area contributed by atoms with Gasteiger partial charge in [-0.3, -0.25) is 4.79 Å². The molecule has 0 saturated carbocycles. The van der Waals surface area contributed by atoms with Gasteiger partial charge in [-0.05, 0) is 17.5 Å². The van der Waals surface area contributed by atoms with E-state index in [0.717, 1.165) is 11.3 Å². The first-order valence-corrected chi connectivity index (χ1v) is 8.10. The zero-order chi connectivity index (χ0) is 17.2. The number of benzene rings is 1. The molecule has 0 atom stereocenters. The van der Waals surface area contributed by atoms with Gasteiger partial charge in [0.1, 0.15) is 5.82 Å². The number of aryl methyl sites for hydroxylation is 1. The fourth-order valence-corrected chi connectivity index (χ4v) is 2.56. The molecule has 0 spiro atoms. The topological polar surface area (TPSA) is 59.8 Å². The van der Waals surface area contributed by atoms with E-state index in [1.165, 1.54) is 5.39 Å². The fourth-order valence-electron chi connectivity index (χ4n) is 2.56. The molecule has 0 radical (unpaired) electrons. The van der Waals surface area contributed by atoms with Gasteiger partial charge in [0.15, 0.2) is 0 Å². The fraction of sp³-hybridized carbons (Fsp3) is 0.316. The van der Waals surface area contributed by atoms with Crippen LogP contribution >= 0.6 is 0 Å². The maximum atomic E-state index is 12.1. The Morgan fingerprint density at radius 3 is 2.54 bits per heavy atom. The average molecular weight is 322 g/mol. The van der Waals surface area contributed by atoms with Crippen LogP contribution in [0.1, 0.15) is 33.0 Å². The van der Waals surface area contributed by atoms with E-state index < -0.39 is 0 Å². The molecule has 24 heavy (non-hydrogen) atoms.